The molecule has 9 aromatic rings. The van der Waals surface area contributed by atoms with Crippen molar-refractivity contribution in [3.63, 3.8) is 0 Å². The van der Waals surface area contributed by atoms with Gasteiger partial charge in [0, 0.05) is 49.8 Å². The van der Waals surface area contributed by atoms with Crippen LogP contribution in [0, 0.1) is 5.82 Å². The molecule has 0 saturated heterocycles. The number of aromatic hydroxyl groups is 2. The van der Waals surface area contributed by atoms with Gasteiger partial charge in [0.15, 0.2) is 11.5 Å². The fraction of sp³-hybridized carbons (Fsp3) is 0.0758. The Hall–Kier alpha value is -11.1. The van der Waals surface area contributed by atoms with Crippen molar-refractivity contribution >= 4 is 76.7 Å². The predicted molar refractivity (Wildman–Crippen MR) is 320 cm³/mol. The van der Waals surface area contributed by atoms with Crippen LogP contribution < -0.4 is 11.5 Å². The van der Waals surface area contributed by atoms with Gasteiger partial charge in [-0.3, -0.25) is 43.5 Å². The SMILES string of the molecule is NC/C=C/c1ccc(O)c(O)c1.NC/C=C/c1cccc(F)c1.O=C1c2ccccc2C(=O)N1C/C=C/c1c[nH]c2ccccc12.O=C1c2ccccc2C(=O)N1C/C=C/c1ccco1.O=C1c2ccccc2C(=O)N1C/C=C/c1cnc[nH]1. The number of phenols is 2. The number of fused-ring (bicyclic) bond motifs is 4. The number of carbonyl (C=O) groups excluding carboxylic acids is 6. The zero-order valence-electron chi connectivity index (χ0n) is 45.1. The molecule has 0 saturated carbocycles. The van der Waals surface area contributed by atoms with E-state index in [-0.39, 0.29) is 72.4 Å². The Morgan fingerprint density at radius 1 is 0.488 bits per heavy atom. The minimum Gasteiger partial charge on any atom is -0.504 e. The molecule has 8 N–H and O–H groups in total. The average molecular weight is 1130 g/mol. The lowest BCUT2D eigenvalue weighted by Gasteiger charge is -2.10. The van der Waals surface area contributed by atoms with Gasteiger partial charge in [0.1, 0.15) is 11.6 Å². The summed E-state index contributed by atoms with van der Waals surface area (Å²) < 4.78 is 17.7. The van der Waals surface area contributed by atoms with Crippen LogP contribution in [0.1, 0.15) is 90.3 Å². The zero-order valence-corrected chi connectivity index (χ0v) is 45.1. The number of rotatable bonds is 13. The molecule has 0 aliphatic carbocycles. The summed E-state index contributed by atoms with van der Waals surface area (Å²) >= 11 is 0. The Labute approximate surface area is 482 Å². The minimum atomic E-state index is -0.246. The van der Waals surface area contributed by atoms with E-state index in [0.717, 1.165) is 33.3 Å². The number of nitrogens with zero attached hydrogens (tertiary/aromatic N) is 4. The van der Waals surface area contributed by atoms with Gasteiger partial charge in [-0.15, -0.1) is 0 Å². The molecule has 3 aromatic heterocycles. The Kier molecular flexibility index (Phi) is 20.3. The first kappa shape index (κ1) is 59.1. The van der Waals surface area contributed by atoms with E-state index < -0.39 is 0 Å². The summed E-state index contributed by atoms with van der Waals surface area (Å²) in [5, 5.41) is 19.2. The number of nitrogens with one attached hydrogen (secondary N) is 2. The molecule has 0 fully saturated rings. The zero-order chi connectivity index (χ0) is 59.4. The molecule has 422 valence electrons. The van der Waals surface area contributed by atoms with Gasteiger partial charge >= 0.3 is 0 Å². The van der Waals surface area contributed by atoms with E-state index in [1.807, 2.05) is 48.7 Å². The van der Waals surface area contributed by atoms with Crippen LogP contribution in [0.2, 0.25) is 0 Å². The van der Waals surface area contributed by atoms with Crippen LogP contribution >= 0.6 is 0 Å². The molecule has 3 aliphatic rings. The molecular weight excluding hydrogens is 1070 g/mol. The van der Waals surface area contributed by atoms with Crippen molar-refractivity contribution in [3.05, 3.63) is 274 Å². The van der Waals surface area contributed by atoms with Crippen LogP contribution in [0.15, 0.2) is 211 Å². The summed E-state index contributed by atoms with van der Waals surface area (Å²) in [7, 11) is 0. The lowest BCUT2D eigenvalue weighted by molar-refractivity contribution is 0.0656. The van der Waals surface area contributed by atoms with Gasteiger partial charge in [-0.05, 0) is 108 Å². The fourth-order valence-corrected chi connectivity index (χ4v) is 8.70. The molecule has 6 amide bonds. The molecular formula is C66H57FN8O9. The number of imidazole rings is 1. The van der Waals surface area contributed by atoms with Gasteiger partial charge in [-0.25, -0.2) is 9.37 Å². The largest absolute Gasteiger partial charge is 0.504 e. The number of nitrogens with two attached hydrogens (primary N) is 2. The first-order valence-corrected chi connectivity index (χ1v) is 26.3. The number of phenolic OH excluding ortho intramolecular Hbond substituents is 2. The van der Waals surface area contributed by atoms with Crippen molar-refractivity contribution in [2.24, 2.45) is 11.5 Å². The third kappa shape index (κ3) is 14.8. The molecule has 6 heterocycles. The number of benzene rings is 6. The van der Waals surface area contributed by atoms with Crippen LogP contribution in [0.4, 0.5) is 4.39 Å². The van der Waals surface area contributed by atoms with Crippen molar-refractivity contribution in [1.82, 2.24) is 29.7 Å². The number of amides is 6. The number of imide groups is 3. The number of aromatic amines is 2. The van der Waals surface area contributed by atoms with Crippen LogP contribution in [-0.4, -0.2) is 108 Å². The lowest BCUT2D eigenvalue weighted by Crippen LogP contribution is -2.29. The fourth-order valence-electron chi connectivity index (χ4n) is 8.70. The molecule has 0 atom stereocenters. The van der Waals surface area contributed by atoms with E-state index in [1.54, 1.807) is 164 Å². The molecule has 84 heavy (non-hydrogen) atoms. The third-order valence-electron chi connectivity index (χ3n) is 12.8. The molecule has 0 radical (unpaired) electrons. The van der Waals surface area contributed by atoms with Gasteiger partial charge < -0.3 is 36.1 Å². The number of hydrogen-bond donors (Lipinski definition) is 6. The molecule has 0 spiro atoms. The Morgan fingerprint density at radius 2 is 0.976 bits per heavy atom. The number of halogens is 1. The topological polar surface area (TPSA) is 262 Å². The molecule has 18 heteroatoms. The third-order valence-corrected chi connectivity index (χ3v) is 12.8. The Bertz CT molecular complexity index is 3730. The van der Waals surface area contributed by atoms with Crippen molar-refractivity contribution in [1.29, 1.82) is 0 Å². The van der Waals surface area contributed by atoms with E-state index in [1.165, 1.54) is 39.0 Å². The monoisotopic (exact) mass is 1120 g/mol. The maximum Gasteiger partial charge on any atom is 0.261 e. The normalized spacial score (nSPS) is 13.3. The summed E-state index contributed by atoms with van der Waals surface area (Å²) in [6, 6.07) is 43.2. The molecule has 0 unspecified atom stereocenters. The molecule has 3 aliphatic heterocycles. The van der Waals surface area contributed by atoms with Gasteiger partial charge in [0.2, 0.25) is 0 Å². The maximum absolute atomic E-state index is 12.5. The maximum atomic E-state index is 12.5. The molecule has 0 bridgehead atoms. The average Bonchev–Trinajstić information content (AvgIpc) is 4.59. The highest BCUT2D eigenvalue weighted by molar-refractivity contribution is 6.23. The number of carbonyl (C=O) groups is 6. The number of hydrogen-bond acceptors (Lipinski definition) is 12. The first-order chi connectivity index (χ1) is 40.9. The Morgan fingerprint density at radius 3 is 1.44 bits per heavy atom. The first-order valence-electron chi connectivity index (χ1n) is 26.3. The summed E-state index contributed by atoms with van der Waals surface area (Å²) in [6.07, 6.45) is 24.7. The second kappa shape index (κ2) is 28.9. The predicted octanol–water partition coefficient (Wildman–Crippen LogP) is 10.7. The number of para-hydroxylation sites is 1. The van der Waals surface area contributed by atoms with Crippen molar-refractivity contribution in [3.8, 4) is 11.5 Å². The second-order valence-electron chi connectivity index (χ2n) is 18.4. The Balaban J connectivity index is 0.000000141. The van der Waals surface area contributed by atoms with Crippen LogP contribution in [0.5, 0.6) is 11.5 Å². The molecule has 6 aromatic carbocycles. The van der Waals surface area contributed by atoms with Crippen molar-refractivity contribution < 1.29 is 47.8 Å². The van der Waals surface area contributed by atoms with Gasteiger partial charge in [-0.1, -0.05) is 121 Å². The van der Waals surface area contributed by atoms with E-state index >= 15 is 0 Å². The highest BCUT2D eigenvalue weighted by atomic mass is 19.1. The minimum absolute atomic E-state index is 0.111. The van der Waals surface area contributed by atoms with E-state index in [0.29, 0.717) is 52.2 Å². The summed E-state index contributed by atoms with van der Waals surface area (Å²) in [5.74, 6) is -1.18. The van der Waals surface area contributed by atoms with E-state index in [2.05, 4.69) is 15.0 Å². The summed E-state index contributed by atoms with van der Waals surface area (Å²) in [5.41, 5.74) is 17.9. The van der Waals surface area contributed by atoms with Crippen molar-refractivity contribution in [2.75, 3.05) is 32.7 Å². The number of aromatic nitrogens is 3. The van der Waals surface area contributed by atoms with Crippen LogP contribution in [-0.2, 0) is 0 Å². The highest BCUT2D eigenvalue weighted by Crippen LogP contribution is 2.27. The quantitative estimate of drug-likeness (QED) is 0.0465. The van der Waals surface area contributed by atoms with Crippen LogP contribution in [0.3, 0.4) is 0 Å². The van der Waals surface area contributed by atoms with Gasteiger partial charge in [-0.2, -0.15) is 0 Å². The number of furan rings is 1. The number of H-pyrrole nitrogens is 2. The second-order valence-corrected chi connectivity index (χ2v) is 18.4. The standard InChI is InChI=1S/C19H14N2O2.C15H11NO3.C14H11N3O2.C9H10FN.C9H11NO2/c22-18-15-8-1-2-9-16(15)19(23)21(18)11-5-6-13-12-20-17-10-4-3-7-14(13)17;17-14-12-7-1-2-8-13(12)15(18)16(14)9-3-5-11-6-4-10-19-11;18-13-11-5-1-2-6-12(11)14(19)17(13)7-3-4-10-8-15-9-16-10;10-9-5-1-3-8(7-9)4-2-6-11;10-5-1-2-7-3-4-8(11)9(12)6-7/h1-10,12,20H,11H2;1-8,10H,9H2;1-6,8-9H,7H2,(H,15,16);1-5,7H,6,11H2;1-4,6,11-12H,5,10H2/b6-5+;5-3+;4-3+;4-2+;2-1+. The van der Waals surface area contributed by atoms with Crippen molar-refractivity contribution in [2.45, 2.75) is 0 Å². The van der Waals surface area contributed by atoms with E-state index in [9.17, 15) is 33.2 Å². The van der Waals surface area contributed by atoms with E-state index in [4.69, 9.17) is 26.1 Å². The molecule has 17 nitrogen and oxygen atoms in total. The lowest BCUT2D eigenvalue weighted by atomic mass is 10.1. The highest BCUT2D eigenvalue weighted by Gasteiger charge is 2.36. The summed E-state index contributed by atoms with van der Waals surface area (Å²) in [6.45, 7) is 1.71. The van der Waals surface area contributed by atoms with Crippen LogP contribution in [0.25, 0.3) is 41.3 Å². The summed E-state index contributed by atoms with van der Waals surface area (Å²) in [4.78, 5) is 86.5. The van der Waals surface area contributed by atoms with Gasteiger partial charge in [0.25, 0.3) is 35.4 Å². The molecule has 12 rings (SSSR count). The van der Waals surface area contributed by atoms with Gasteiger partial charge in [0.05, 0.1) is 57.9 Å². The smallest absolute Gasteiger partial charge is 0.261 e.